The average Bonchev–Trinajstić information content (AvgIpc) is 1.98. The molecule has 0 aromatic rings. The van der Waals surface area contributed by atoms with Crippen molar-refractivity contribution in [2.45, 2.75) is 39.3 Å². The van der Waals surface area contributed by atoms with Gasteiger partial charge in [0.1, 0.15) is 6.42 Å². The zero-order chi connectivity index (χ0) is 11.2. The summed E-state index contributed by atoms with van der Waals surface area (Å²) in [5, 5.41) is 2.26. The van der Waals surface area contributed by atoms with Gasteiger partial charge in [0.05, 0.1) is 0 Å². The fourth-order valence-corrected chi connectivity index (χ4v) is 1.13. The second-order valence-corrected chi connectivity index (χ2v) is 3.49. The van der Waals surface area contributed by atoms with E-state index in [1.54, 1.807) is 0 Å². The molecule has 2 nitrogen and oxygen atoms in total. The lowest BCUT2D eigenvalue weighted by Gasteiger charge is -2.12. The number of amides is 1. The third-order valence-electron chi connectivity index (χ3n) is 1.79. The van der Waals surface area contributed by atoms with Gasteiger partial charge in [-0.15, -0.1) is 0 Å². The van der Waals surface area contributed by atoms with E-state index >= 15 is 0 Å². The third kappa shape index (κ3) is 7.89. The van der Waals surface area contributed by atoms with Gasteiger partial charge in [-0.05, 0) is 12.3 Å². The van der Waals surface area contributed by atoms with Gasteiger partial charge < -0.3 is 5.32 Å². The van der Waals surface area contributed by atoms with E-state index in [1.807, 2.05) is 13.8 Å². The maximum Gasteiger partial charge on any atom is 0.397 e. The Morgan fingerprint density at radius 1 is 1.43 bits per heavy atom. The molecule has 0 fully saturated rings. The van der Waals surface area contributed by atoms with Crippen LogP contribution in [0, 0.1) is 5.92 Å². The van der Waals surface area contributed by atoms with Gasteiger partial charge in [-0.2, -0.15) is 13.2 Å². The topological polar surface area (TPSA) is 29.1 Å². The Bertz CT molecular complexity index is 179. The molecule has 0 aliphatic heterocycles. The molecule has 0 rings (SSSR count). The van der Waals surface area contributed by atoms with Crippen molar-refractivity contribution in [2.24, 2.45) is 5.92 Å². The molecule has 1 unspecified atom stereocenters. The van der Waals surface area contributed by atoms with E-state index in [-0.39, 0.29) is 5.92 Å². The van der Waals surface area contributed by atoms with Gasteiger partial charge >= 0.3 is 6.18 Å². The van der Waals surface area contributed by atoms with E-state index in [0.29, 0.717) is 6.54 Å². The Hall–Kier alpha value is -0.740. The van der Waals surface area contributed by atoms with Crippen molar-refractivity contribution in [1.82, 2.24) is 5.32 Å². The van der Waals surface area contributed by atoms with Crippen LogP contribution in [0.15, 0.2) is 0 Å². The predicted molar refractivity (Wildman–Crippen MR) is 47.8 cm³/mol. The number of rotatable bonds is 5. The molecule has 84 valence electrons. The molecule has 0 heterocycles. The van der Waals surface area contributed by atoms with Crippen molar-refractivity contribution in [2.75, 3.05) is 6.54 Å². The van der Waals surface area contributed by atoms with Crippen molar-refractivity contribution in [1.29, 1.82) is 0 Å². The van der Waals surface area contributed by atoms with Gasteiger partial charge in [0.2, 0.25) is 5.91 Å². The van der Waals surface area contributed by atoms with Crippen molar-refractivity contribution in [3.8, 4) is 0 Å². The van der Waals surface area contributed by atoms with Crippen LogP contribution in [-0.2, 0) is 4.79 Å². The smallest absolute Gasteiger partial charge is 0.356 e. The van der Waals surface area contributed by atoms with Crippen molar-refractivity contribution in [3.63, 3.8) is 0 Å². The fourth-order valence-electron chi connectivity index (χ4n) is 1.13. The second-order valence-electron chi connectivity index (χ2n) is 3.49. The summed E-state index contributed by atoms with van der Waals surface area (Å²) in [6.07, 6.45) is -3.91. The first-order chi connectivity index (χ1) is 6.35. The minimum atomic E-state index is -4.40. The average molecular weight is 211 g/mol. The normalized spacial score (nSPS) is 13.8. The van der Waals surface area contributed by atoms with Gasteiger partial charge in [0.25, 0.3) is 0 Å². The SMILES string of the molecule is CCCC(C)CNC(=O)CC(F)(F)F. The summed E-state index contributed by atoms with van der Waals surface area (Å²) in [6.45, 7) is 4.22. The van der Waals surface area contributed by atoms with E-state index < -0.39 is 18.5 Å². The molecule has 0 aliphatic carbocycles. The summed E-state index contributed by atoms with van der Waals surface area (Å²) < 4.78 is 35.2. The lowest BCUT2D eigenvalue weighted by Crippen LogP contribution is -2.31. The maximum atomic E-state index is 11.7. The monoisotopic (exact) mass is 211 g/mol. The van der Waals surface area contributed by atoms with E-state index in [0.717, 1.165) is 12.8 Å². The van der Waals surface area contributed by atoms with E-state index in [1.165, 1.54) is 0 Å². The fraction of sp³-hybridized carbons (Fsp3) is 0.889. The Morgan fingerprint density at radius 3 is 2.43 bits per heavy atom. The molecule has 1 amide bonds. The van der Waals surface area contributed by atoms with Crippen LogP contribution in [0.3, 0.4) is 0 Å². The zero-order valence-corrected chi connectivity index (χ0v) is 8.45. The molecule has 5 heteroatoms. The quantitative estimate of drug-likeness (QED) is 0.743. The molecule has 0 bridgehead atoms. The first kappa shape index (κ1) is 13.3. The summed E-state index contributed by atoms with van der Waals surface area (Å²) in [5.41, 5.74) is 0. The first-order valence-electron chi connectivity index (χ1n) is 4.68. The minimum absolute atomic E-state index is 0.234. The van der Waals surface area contributed by atoms with Gasteiger partial charge in [-0.1, -0.05) is 20.3 Å². The van der Waals surface area contributed by atoms with Crippen LogP contribution in [0.5, 0.6) is 0 Å². The van der Waals surface area contributed by atoms with Crippen LogP contribution in [0.25, 0.3) is 0 Å². The summed E-state index contributed by atoms with van der Waals surface area (Å²) in [7, 11) is 0. The van der Waals surface area contributed by atoms with Gasteiger partial charge in [0.15, 0.2) is 0 Å². The number of alkyl halides is 3. The third-order valence-corrected chi connectivity index (χ3v) is 1.79. The number of carbonyl (C=O) groups is 1. The minimum Gasteiger partial charge on any atom is -0.356 e. The number of hydrogen-bond donors (Lipinski definition) is 1. The lowest BCUT2D eigenvalue weighted by atomic mass is 10.1. The first-order valence-corrected chi connectivity index (χ1v) is 4.68. The van der Waals surface area contributed by atoms with Gasteiger partial charge in [0, 0.05) is 6.54 Å². The molecule has 1 N–H and O–H groups in total. The summed E-state index contributed by atoms with van der Waals surface area (Å²) in [5.74, 6) is -0.711. The predicted octanol–water partition coefficient (Wildman–Crippen LogP) is 2.49. The van der Waals surface area contributed by atoms with Crippen LogP contribution in [0.2, 0.25) is 0 Å². The molecule has 0 radical (unpaired) electrons. The standard InChI is InChI=1S/C9H16F3NO/c1-3-4-7(2)6-13-8(14)5-9(10,11)12/h7H,3-6H2,1-2H3,(H,13,14). The number of carbonyl (C=O) groups excluding carboxylic acids is 1. The molecular formula is C9H16F3NO. The largest absolute Gasteiger partial charge is 0.397 e. The van der Waals surface area contributed by atoms with Gasteiger partial charge in [-0.3, -0.25) is 4.79 Å². The Labute approximate surface area is 81.9 Å². The van der Waals surface area contributed by atoms with Crippen LogP contribution in [-0.4, -0.2) is 18.6 Å². The van der Waals surface area contributed by atoms with Crippen molar-refractivity contribution in [3.05, 3.63) is 0 Å². The molecule has 0 saturated carbocycles. The number of hydrogen-bond acceptors (Lipinski definition) is 1. The number of halogens is 3. The van der Waals surface area contributed by atoms with Crippen molar-refractivity contribution >= 4 is 5.91 Å². The van der Waals surface area contributed by atoms with Crippen LogP contribution in [0.4, 0.5) is 13.2 Å². The van der Waals surface area contributed by atoms with E-state index in [4.69, 9.17) is 0 Å². The van der Waals surface area contributed by atoms with Gasteiger partial charge in [-0.25, -0.2) is 0 Å². The Morgan fingerprint density at radius 2 is 2.00 bits per heavy atom. The lowest BCUT2D eigenvalue weighted by molar-refractivity contribution is -0.153. The highest BCUT2D eigenvalue weighted by Gasteiger charge is 2.30. The molecular weight excluding hydrogens is 195 g/mol. The molecule has 0 aromatic carbocycles. The highest BCUT2D eigenvalue weighted by atomic mass is 19.4. The molecule has 0 spiro atoms. The van der Waals surface area contributed by atoms with Crippen molar-refractivity contribution < 1.29 is 18.0 Å². The molecule has 0 aliphatic rings. The number of nitrogens with one attached hydrogen (secondary N) is 1. The molecule has 14 heavy (non-hydrogen) atoms. The zero-order valence-electron chi connectivity index (χ0n) is 8.45. The summed E-state index contributed by atoms with van der Waals surface area (Å²) in [6, 6.07) is 0. The molecule has 0 saturated heterocycles. The summed E-state index contributed by atoms with van der Waals surface area (Å²) >= 11 is 0. The van der Waals surface area contributed by atoms with E-state index in [9.17, 15) is 18.0 Å². The highest BCUT2D eigenvalue weighted by molar-refractivity contribution is 5.76. The maximum absolute atomic E-state index is 11.7. The van der Waals surface area contributed by atoms with E-state index in [2.05, 4.69) is 5.32 Å². The van der Waals surface area contributed by atoms with Crippen LogP contribution < -0.4 is 5.32 Å². The Balaban J connectivity index is 3.64. The highest BCUT2D eigenvalue weighted by Crippen LogP contribution is 2.18. The summed E-state index contributed by atoms with van der Waals surface area (Å²) in [4.78, 5) is 10.7. The van der Waals surface area contributed by atoms with Crippen LogP contribution >= 0.6 is 0 Å². The van der Waals surface area contributed by atoms with Crippen LogP contribution in [0.1, 0.15) is 33.1 Å². The second kappa shape index (κ2) is 5.88. The molecule has 0 aromatic heterocycles. The molecule has 1 atom stereocenters. The Kier molecular flexibility index (Phi) is 5.57.